The molecule has 1 aromatic carbocycles. The van der Waals surface area contributed by atoms with Crippen molar-refractivity contribution in [2.24, 2.45) is 0 Å². The van der Waals surface area contributed by atoms with Gasteiger partial charge in [0.1, 0.15) is 17.3 Å². The average molecular weight is 341 g/mol. The van der Waals surface area contributed by atoms with Crippen molar-refractivity contribution < 1.29 is 9.47 Å². The van der Waals surface area contributed by atoms with Gasteiger partial charge in [-0.1, -0.05) is 30.3 Å². The third-order valence-corrected chi connectivity index (χ3v) is 5.00. The lowest BCUT2D eigenvalue weighted by atomic mass is 10.1. The van der Waals surface area contributed by atoms with Gasteiger partial charge >= 0.3 is 0 Å². The molecule has 1 fully saturated rings. The fourth-order valence-corrected chi connectivity index (χ4v) is 3.95. The number of anilines is 1. The Bertz CT molecular complexity index is 829. The zero-order valence-corrected chi connectivity index (χ0v) is 14.4. The van der Waals surface area contributed by atoms with Gasteiger partial charge in [0.15, 0.2) is 5.82 Å². The number of benzene rings is 1. The van der Waals surface area contributed by atoms with Gasteiger partial charge in [0, 0.05) is 31.1 Å². The van der Waals surface area contributed by atoms with E-state index in [2.05, 4.69) is 34.5 Å². The first-order valence-corrected chi connectivity index (χ1v) is 8.90. The summed E-state index contributed by atoms with van der Waals surface area (Å²) in [6.45, 7) is 3.59. The van der Waals surface area contributed by atoms with E-state index in [0.29, 0.717) is 6.61 Å². The molecule has 0 saturated carbocycles. The highest BCUT2D eigenvalue weighted by molar-refractivity contribution is 7.17. The highest BCUT2D eigenvalue weighted by Gasteiger charge is 2.21. The predicted molar refractivity (Wildman–Crippen MR) is 96.6 cm³/mol. The van der Waals surface area contributed by atoms with Gasteiger partial charge in [-0.3, -0.25) is 0 Å². The van der Waals surface area contributed by atoms with Crippen molar-refractivity contribution in [1.82, 2.24) is 9.97 Å². The average Bonchev–Trinajstić information content (AvgIpc) is 3.07. The Morgan fingerprint density at radius 1 is 1.17 bits per heavy atom. The van der Waals surface area contributed by atoms with E-state index in [-0.39, 0.29) is 0 Å². The number of aromatic nitrogens is 2. The van der Waals surface area contributed by atoms with Crippen LogP contribution in [-0.2, 0) is 16.1 Å². The molecule has 3 aromatic rings. The molecule has 2 aromatic heterocycles. The van der Waals surface area contributed by atoms with Gasteiger partial charge < -0.3 is 14.4 Å². The SMILES string of the molecule is COCc1nc(N2CCOCC2)c2c(-c3ccccc3)csc2n1. The quantitative estimate of drug-likeness (QED) is 0.728. The maximum absolute atomic E-state index is 5.50. The van der Waals surface area contributed by atoms with E-state index in [4.69, 9.17) is 19.4 Å². The summed E-state index contributed by atoms with van der Waals surface area (Å²) in [6, 6.07) is 10.4. The summed E-state index contributed by atoms with van der Waals surface area (Å²) >= 11 is 1.66. The molecule has 0 aliphatic carbocycles. The van der Waals surface area contributed by atoms with Crippen LogP contribution < -0.4 is 4.90 Å². The first kappa shape index (κ1) is 15.5. The second-order valence-electron chi connectivity index (χ2n) is 5.69. The molecule has 0 amide bonds. The number of fused-ring (bicyclic) bond motifs is 1. The van der Waals surface area contributed by atoms with Crippen LogP contribution in [0.2, 0.25) is 0 Å². The smallest absolute Gasteiger partial charge is 0.158 e. The van der Waals surface area contributed by atoms with Crippen LogP contribution in [0.15, 0.2) is 35.7 Å². The minimum Gasteiger partial charge on any atom is -0.378 e. The lowest BCUT2D eigenvalue weighted by molar-refractivity contribution is 0.122. The van der Waals surface area contributed by atoms with Gasteiger partial charge in [0.05, 0.1) is 18.6 Å². The summed E-state index contributed by atoms with van der Waals surface area (Å²) in [4.78, 5) is 12.8. The number of ether oxygens (including phenoxy) is 2. The van der Waals surface area contributed by atoms with Crippen LogP contribution in [0.5, 0.6) is 0 Å². The lowest BCUT2D eigenvalue weighted by Gasteiger charge is -2.28. The van der Waals surface area contributed by atoms with E-state index in [9.17, 15) is 0 Å². The highest BCUT2D eigenvalue weighted by Crippen LogP contribution is 2.38. The Kier molecular flexibility index (Phi) is 4.42. The number of methoxy groups -OCH3 is 1. The Hall–Kier alpha value is -2.02. The summed E-state index contributed by atoms with van der Waals surface area (Å²) in [5, 5.41) is 3.31. The Balaban J connectivity index is 1.90. The number of morpholine rings is 1. The summed E-state index contributed by atoms with van der Waals surface area (Å²) in [6.07, 6.45) is 0. The Morgan fingerprint density at radius 2 is 1.96 bits per heavy atom. The predicted octanol–water partition coefficient (Wildman–Crippen LogP) is 3.34. The third-order valence-electron chi connectivity index (χ3n) is 4.13. The van der Waals surface area contributed by atoms with Crippen molar-refractivity contribution in [3.8, 4) is 11.1 Å². The molecule has 0 unspecified atom stereocenters. The minimum absolute atomic E-state index is 0.422. The van der Waals surface area contributed by atoms with E-state index in [0.717, 1.165) is 48.2 Å². The molecule has 0 bridgehead atoms. The second kappa shape index (κ2) is 6.84. The van der Waals surface area contributed by atoms with Crippen LogP contribution in [0.3, 0.4) is 0 Å². The van der Waals surface area contributed by atoms with E-state index in [1.54, 1.807) is 18.4 Å². The Labute approximate surface area is 144 Å². The molecule has 1 aliphatic heterocycles. The maximum atomic E-state index is 5.50. The van der Waals surface area contributed by atoms with Crippen molar-refractivity contribution in [3.05, 3.63) is 41.5 Å². The molecule has 6 heteroatoms. The van der Waals surface area contributed by atoms with Crippen molar-refractivity contribution in [2.45, 2.75) is 6.61 Å². The van der Waals surface area contributed by atoms with Crippen LogP contribution in [0.25, 0.3) is 21.3 Å². The highest BCUT2D eigenvalue weighted by atomic mass is 32.1. The standard InChI is InChI=1S/C18H19N3O2S/c1-22-11-15-19-17(21-7-9-23-10-8-21)16-14(12-24-18(16)20-15)13-5-3-2-4-6-13/h2-6,12H,7-11H2,1H3. The largest absolute Gasteiger partial charge is 0.378 e. The molecular weight excluding hydrogens is 322 g/mol. The molecule has 0 spiro atoms. The van der Waals surface area contributed by atoms with Crippen LogP contribution >= 0.6 is 11.3 Å². The number of rotatable bonds is 4. The van der Waals surface area contributed by atoms with Crippen molar-refractivity contribution in [2.75, 3.05) is 38.3 Å². The lowest BCUT2D eigenvalue weighted by Crippen LogP contribution is -2.37. The molecule has 1 aliphatic rings. The first-order valence-electron chi connectivity index (χ1n) is 8.02. The molecule has 3 heterocycles. The van der Waals surface area contributed by atoms with Gasteiger partial charge in [0.2, 0.25) is 0 Å². The fourth-order valence-electron chi connectivity index (χ4n) is 2.99. The number of nitrogens with zero attached hydrogens (tertiary/aromatic N) is 3. The van der Waals surface area contributed by atoms with Crippen LogP contribution in [0, 0.1) is 0 Å². The fraction of sp³-hybridized carbons (Fsp3) is 0.333. The second-order valence-corrected chi connectivity index (χ2v) is 6.55. The molecule has 0 N–H and O–H groups in total. The van der Waals surface area contributed by atoms with Gasteiger partial charge in [-0.05, 0) is 5.56 Å². The zero-order chi connectivity index (χ0) is 16.4. The molecule has 5 nitrogen and oxygen atoms in total. The van der Waals surface area contributed by atoms with Crippen molar-refractivity contribution >= 4 is 27.4 Å². The topological polar surface area (TPSA) is 47.5 Å². The maximum Gasteiger partial charge on any atom is 0.158 e. The minimum atomic E-state index is 0.422. The molecule has 24 heavy (non-hydrogen) atoms. The van der Waals surface area contributed by atoms with E-state index in [1.165, 1.54) is 11.1 Å². The Morgan fingerprint density at radius 3 is 2.71 bits per heavy atom. The number of thiophene rings is 1. The molecule has 0 radical (unpaired) electrons. The normalized spacial score (nSPS) is 15.1. The van der Waals surface area contributed by atoms with Crippen molar-refractivity contribution in [1.29, 1.82) is 0 Å². The van der Waals surface area contributed by atoms with Crippen LogP contribution in [0.4, 0.5) is 5.82 Å². The van der Waals surface area contributed by atoms with Gasteiger partial charge in [-0.15, -0.1) is 11.3 Å². The number of hydrogen-bond acceptors (Lipinski definition) is 6. The number of hydrogen-bond donors (Lipinski definition) is 0. The summed E-state index contributed by atoms with van der Waals surface area (Å²) in [7, 11) is 1.67. The van der Waals surface area contributed by atoms with Crippen molar-refractivity contribution in [3.63, 3.8) is 0 Å². The van der Waals surface area contributed by atoms with E-state index in [1.807, 2.05) is 6.07 Å². The first-order chi connectivity index (χ1) is 11.9. The third kappa shape index (κ3) is 2.88. The summed E-state index contributed by atoms with van der Waals surface area (Å²) < 4.78 is 10.7. The van der Waals surface area contributed by atoms with Crippen LogP contribution in [-0.4, -0.2) is 43.4 Å². The van der Waals surface area contributed by atoms with E-state index < -0.39 is 0 Å². The molecule has 4 rings (SSSR count). The monoisotopic (exact) mass is 341 g/mol. The molecule has 0 atom stereocenters. The van der Waals surface area contributed by atoms with E-state index >= 15 is 0 Å². The summed E-state index contributed by atoms with van der Waals surface area (Å²) in [5.41, 5.74) is 2.39. The van der Waals surface area contributed by atoms with Crippen LogP contribution in [0.1, 0.15) is 5.82 Å². The van der Waals surface area contributed by atoms with Gasteiger partial charge in [-0.25, -0.2) is 9.97 Å². The molecular formula is C18H19N3O2S. The zero-order valence-electron chi connectivity index (χ0n) is 13.6. The molecule has 124 valence electrons. The molecule has 1 saturated heterocycles. The van der Waals surface area contributed by atoms with Gasteiger partial charge in [-0.2, -0.15) is 0 Å². The summed E-state index contributed by atoms with van der Waals surface area (Å²) in [5.74, 6) is 1.73. The van der Waals surface area contributed by atoms with Gasteiger partial charge in [0.25, 0.3) is 0 Å².